The van der Waals surface area contributed by atoms with Crippen molar-refractivity contribution in [2.45, 2.75) is 50.8 Å². The molecular formula is C22H30F6N4O4S. The largest absolute Gasteiger partial charge is 0.434 e. The Balaban J connectivity index is 1.55. The van der Waals surface area contributed by atoms with Crippen molar-refractivity contribution < 1.29 is 44.3 Å². The normalized spacial score (nSPS) is 18.9. The average Bonchev–Trinajstić information content (AvgIpc) is 2.77. The van der Waals surface area contributed by atoms with Gasteiger partial charge in [-0.1, -0.05) is 12.1 Å². The summed E-state index contributed by atoms with van der Waals surface area (Å²) in [5.41, 5.74) is 3.04. The number of alkyl halides is 6. The number of ether oxygens (including phenoxy) is 1. The quantitative estimate of drug-likeness (QED) is 0.538. The van der Waals surface area contributed by atoms with Crippen molar-refractivity contribution in [1.82, 2.24) is 14.5 Å². The predicted molar refractivity (Wildman–Crippen MR) is 124 cm³/mol. The van der Waals surface area contributed by atoms with Crippen molar-refractivity contribution >= 4 is 21.8 Å². The Morgan fingerprint density at radius 3 is 2.11 bits per heavy atom. The standard InChI is InChI=1S/C22H30F6N4O4S/c1-15-16(4-3-5-18(15)31-8-6-17(7-9-31)29-37(2,34)35)14-30-10-12-32(13-11-30)20(33)36-19(21(23,24)25)22(26,27)28/h3-5,17,19,29H,6-14H2,1-2H3. The number of hydrogen-bond acceptors (Lipinski definition) is 6. The molecule has 0 aliphatic carbocycles. The molecule has 0 aromatic heterocycles. The minimum absolute atomic E-state index is 0.0686. The number of piperazine rings is 1. The number of amides is 1. The first-order valence-electron chi connectivity index (χ1n) is 11.7. The monoisotopic (exact) mass is 560 g/mol. The zero-order chi connectivity index (χ0) is 27.6. The third kappa shape index (κ3) is 8.11. The molecule has 0 radical (unpaired) electrons. The number of nitrogens with one attached hydrogen (secondary N) is 1. The molecule has 1 amide bonds. The first kappa shape index (κ1) is 29.3. The summed E-state index contributed by atoms with van der Waals surface area (Å²) < 4.78 is 105. The van der Waals surface area contributed by atoms with Gasteiger partial charge in [-0.15, -0.1) is 0 Å². The molecule has 1 N–H and O–H groups in total. The molecule has 0 saturated carbocycles. The zero-order valence-corrected chi connectivity index (χ0v) is 21.2. The Bertz CT molecular complexity index is 1040. The van der Waals surface area contributed by atoms with E-state index >= 15 is 0 Å². The van der Waals surface area contributed by atoms with E-state index in [4.69, 9.17) is 0 Å². The fourth-order valence-electron chi connectivity index (χ4n) is 4.55. The van der Waals surface area contributed by atoms with Gasteiger partial charge in [-0.25, -0.2) is 17.9 Å². The van der Waals surface area contributed by atoms with Crippen molar-refractivity contribution in [2.75, 3.05) is 50.4 Å². The number of halogens is 6. The van der Waals surface area contributed by atoms with Gasteiger partial charge in [0.25, 0.3) is 6.10 Å². The number of rotatable bonds is 6. The molecule has 2 aliphatic heterocycles. The van der Waals surface area contributed by atoms with Crippen LogP contribution in [0.5, 0.6) is 0 Å². The molecule has 2 fully saturated rings. The molecule has 8 nitrogen and oxygen atoms in total. The minimum atomic E-state index is -5.75. The molecule has 2 saturated heterocycles. The molecule has 1 aromatic carbocycles. The molecule has 3 rings (SSSR count). The summed E-state index contributed by atoms with van der Waals surface area (Å²) in [5.74, 6) is 0. The van der Waals surface area contributed by atoms with Crippen LogP contribution in [0.3, 0.4) is 0 Å². The van der Waals surface area contributed by atoms with Crippen LogP contribution in [0.4, 0.5) is 36.8 Å². The fourth-order valence-corrected chi connectivity index (χ4v) is 5.39. The predicted octanol–water partition coefficient (Wildman–Crippen LogP) is 3.26. The van der Waals surface area contributed by atoms with E-state index in [0.29, 0.717) is 32.5 Å². The zero-order valence-electron chi connectivity index (χ0n) is 20.4. The first-order valence-corrected chi connectivity index (χ1v) is 13.6. The number of hydrogen-bond donors (Lipinski definition) is 1. The van der Waals surface area contributed by atoms with E-state index < -0.39 is 34.6 Å². The van der Waals surface area contributed by atoms with E-state index in [1.165, 1.54) is 0 Å². The van der Waals surface area contributed by atoms with Crippen molar-refractivity contribution in [3.63, 3.8) is 0 Å². The first-order chi connectivity index (χ1) is 17.0. The molecule has 0 bridgehead atoms. The second-order valence-corrected chi connectivity index (χ2v) is 11.1. The van der Waals surface area contributed by atoms with Crippen LogP contribution in [-0.4, -0.2) is 94.3 Å². The van der Waals surface area contributed by atoms with Gasteiger partial charge < -0.3 is 14.5 Å². The van der Waals surface area contributed by atoms with Crippen molar-refractivity contribution in [1.29, 1.82) is 0 Å². The molecule has 0 spiro atoms. The van der Waals surface area contributed by atoms with Crippen molar-refractivity contribution in [3.8, 4) is 0 Å². The third-order valence-corrected chi connectivity index (χ3v) is 7.23. The maximum Gasteiger partial charge on any atom is 0.434 e. The molecule has 2 aliphatic rings. The van der Waals surface area contributed by atoms with Crippen LogP contribution in [0.15, 0.2) is 18.2 Å². The second kappa shape index (κ2) is 11.2. The number of sulfonamides is 1. The van der Waals surface area contributed by atoms with Gasteiger partial charge in [0.1, 0.15) is 0 Å². The molecule has 15 heteroatoms. The van der Waals surface area contributed by atoms with Crippen LogP contribution < -0.4 is 9.62 Å². The highest BCUT2D eigenvalue weighted by molar-refractivity contribution is 7.88. The van der Waals surface area contributed by atoms with E-state index in [9.17, 15) is 39.6 Å². The van der Waals surface area contributed by atoms with Crippen molar-refractivity contribution in [2.24, 2.45) is 0 Å². The van der Waals surface area contributed by atoms with Crippen LogP contribution >= 0.6 is 0 Å². The van der Waals surface area contributed by atoms with Gasteiger partial charge >= 0.3 is 18.4 Å². The lowest BCUT2D eigenvalue weighted by Gasteiger charge is -2.36. The molecule has 1 aromatic rings. The van der Waals surface area contributed by atoms with Crippen LogP contribution in [0, 0.1) is 6.92 Å². The summed E-state index contributed by atoms with van der Waals surface area (Å²) in [6.07, 6.45) is -14.8. The Morgan fingerprint density at radius 1 is 1.03 bits per heavy atom. The van der Waals surface area contributed by atoms with Crippen LogP contribution in [0.2, 0.25) is 0 Å². The summed E-state index contributed by atoms with van der Waals surface area (Å²) >= 11 is 0. The molecule has 37 heavy (non-hydrogen) atoms. The summed E-state index contributed by atoms with van der Waals surface area (Å²) in [7, 11) is -3.27. The number of benzene rings is 1. The maximum absolute atomic E-state index is 12.7. The Morgan fingerprint density at radius 2 is 1.59 bits per heavy atom. The SMILES string of the molecule is Cc1c(CN2CCN(C(=O)OC(C(F)(F)F)C(F)(F)F)CC2)cccc1N1CCC(NS(C)(=O)=O)CC1. The smallest absolute Gasteiger partial charge is 0.426 e. The van der Waals surface area contributed by atoms with E-state index in [2.05, 4.69) is 14.4 Å². The Hall–Kier alpha value is -2.26. The third-order valence-electron chi connectivity index (χ3n) is 6.47. The molecule has 0 atom stereocenters. The van der Waals surface area contributed by atoms with Gasteiger partial charge in [0, 0.05) is 57.5 Å². The van der Waals surface area contributed by atoms with Gasteiger partial charge in [0.15, 0.2) is 0 Å². The average molecular weight is 561 g/mol. The molecule has 0 unspecified atom stereocenters. The molecular weight excluding hydrogens is 530 g/mol. The summed E-state index contributed by atoms with van der Waals surface area (Å²) in [6, 6.07) is 5.71. The van der Waals surface area contributed by atoms with E-state index in [1.54, 1.807) is 0 Å². The summed E-state index contributed by atoms with van der Waals surface area (Å²) in [4.78, 5) is 17.0. The molecule has 210 valence electrons. The van der Waals surface area contributed by atoms with E-state index in [1.807, 2.05) is 30.0 Å². The lowest BCUT2D eigenvalue weighted by Crippen LogP contribution is -2.52. The lowest BCUT2D eigenvalue weighted by molar-refractivity contribution is -0.308. The van der Waals surface area contributed by atoms with E-state index in [0.717, 1.165) is 28.0 Å². The highest BCUT2D eigenvalue weighted by atomic mass is 32.2. The van der Waals surface area contributed by atoms with E-state index in [-0.39, 0.29) is 32.2 Å². The highest BCUT2D eigenvalue weighted by Gasteiger charge is 2.60. The summed E-state index contributed by atoms with van der Waals surface area (Å²) in [5, 5.41) is 0. The number of anilines is 1. The fraction of sp³-hybridized carbons (Fsp3) is 0.682. The van der Waals surface area contributed by atoms with Gasteiger partial charge in [-0.2, -0.15) is 26.3 Å². The van der Waals surface area contributed by atoms with Gasteiger partial charge in [-0.3, -0.25) is 4.90 Å². The topological polar surface area (TPSA) is 82.2 Å². The highest BCUT2D eigenvalue weighted by Crippen LogP contribution is 2.36. The lowest BCUT2D eigenvalue weighted by atomic mass is 10.0. The maximum atomic E-state index is 12.7. The van der Waals surface area contributed by atoms with Crippen molar-refractivity contribution in [3.05, 3.63) is 29.3 Å². The number of nitrogens with zero attached hydrogens (tertiary/aromatic N) is 3. The molecule has 2 heterocycles. The van der Waals surface area contributed by atoms with Crippen LogP contribution in [-0.2, 0) is 21.3 Å². The van der Waals surface area contributed by atoms with Gasteiger partial charge in [-0.05, 0) is 37.0 Å². The van der Waals surface area contributed by atoms with Gasteiger partial charge in [0.2, 0.25) is 10.0 Å². The number of carbonyl (C=O) groups is 1. The van der Waals surface area contributed by atoms with Gasteiger partial charge in [0.05, 0.1) is 6.26 Å². The van der Waals surface area contributed by atoms with Crippen LogP contribution in [0.25, 0.3) is 0 Å². The Kier molecular flexibility index (Phi) is 8.90. The van der Waals surface area contributed by atoms with Crippen LogP contribution in [0.1, 0.15) is 24.0 Å². The number of carbonyl (C=O) groups excluding carboxylic acids is 1. The second-order valence-electron chi connectivity index (χ2n) is 9.32. The number of piperidine rings is 1. The Labute approximate surface area is 211 Å². The summed E-state index contributed by atoms with van der Waals surface area (Å²) in [6.45, 7) is 4.18. The minimum Gasteiger partial charge on any atom is -0.426 e.